The van der Waals surface area contributed by atoms with Gasteiger partial charge in [0.2, 0.25) is 21.8 Å². The highest BCUT2D eigenvalue weighted by atomic mass is 32.2. The predicted molar refractivity (Wildman–Crippen MR) is 132 cm³/mol. The molecule has 35 heavy (non-hydrogen) atoms. The van der Waals surface area contributed by atoms with Crippen molar-refractivity contribution < 1.29 is 32.3 Å². The zero-order chi connectivity index (χ0) is 26.6. The highest BCUT2D eigenvalue weighted by Crippen LogP contribution is 2.09. The number of amides is 2. The highest BCUT2D eigenvalue weighted by Gasteiger charge is 2.28. The normalized spacial score (nSPS) is 12.9. The van der Waals surface area contributed by atoms with Gasteiger partial charge in [-0.25, -0.2) is 13.2 Å². The first-order valence-corrected chi connectivity index (χ1v) is 12.9. The Morgan fingerprint density at radius 2 is 1.71 bits per heavy atom. The summed E-state index contributed by atoms with van der Waals surface area (Å²) in [5.74, 6) is -1.51. The average Bonchev–Trinajstić information content (AvgIpc) is 2.78. The Morgan fingerprint density at radius 3 is 2.26 bits per heavy atom. The Morgan fingerprint density at radius 1 is 1.09 bits per heavy atom. The van der Waals surface area contributed by atoms with Gasteiger partial charge in [0.1, 0.15) is 18.7 Å². The van der Waals surface area contributed by atoms with Crippen molar-refractivity contribution in [1.29, 1.82) is 0 Å². The summed E-state index contributed by atoms with van der Waals surface area (Å²) in [6.45, 7) is 9.76. The summed E-state index contributed by atoms with van der Waals surface area (Å²) in [5, 5.41) is 5.13. The van der Waals surface area contributed by atoms with Gasteiger partial charge in [0.05, 0.1) is 11.9 Å². The minimum absolute atomic E-state index is 0.198. The van der Waals surface area contributed by atoms with Crippen molar-refractivity contribution >= 4 is 33.7 Å². The molecule has 0 fully saturated rings. The van der Waals surface area contributed by atoms with Crippen LogP contribution in [-0.4, -0.2) is 56.9 Å². The first-order valence-electron chi connectivity index (χ1n) is 11.3. The van der Waals surface area contributed by atoms with Crippen LogP contribution in [0.15, 0.2) is 30.8 Å². The molecule has 0 spiro atoms. The second-order valence-electron chi connectivity index (χ2n) is 8.24. The Balaban J connectivity index is 2.76. The van der Waals surface area contributed by atoms with E-state index in [1.807, 2.05) is 6.92 Å². The summed E-state index contributed by atoms with van der Waals surface area (Å²) in [7, 11) is -3.83. The standard InChI is InChI=1S/C23H36N4O7S/c1-6-7-12-35(31,32)27-20(14-33-23(30)34-15(2)3)22(29)26-17(5)21(28)25-13-18-8-10-19(11-9-18)16(4)24/h8-11,15,17,20,27H,4,6-7,12-14,24H2,1-3,5H3,(H,25,28)(H,26,29). The maximum Gasteiger partial charge on any atom is 0.508 e. The molecular weight excluding hydrogens is 476 g/mol. The third-order valence-corrected chi connectivity index (χ3v) is 6.12. The lowest BCUT2D eigenvalue weighted by Gasteiger charge is -2.21. The molecule has 11 nitrogen and oxygen atoms in total. The van der Waals surface area contributed by atoms with E-state index in [2.05, 4.69) is 21.9 Å². The molecule has 1 aromatic carbocycles. The van der Waals surface area contributed by atoms with Crippen LogP contribution >= 0.6 is 0 Å². The lowest BCUT2D eigenvalue weighted by atomic mass is 10.1. The molecule has 0 radical (unpaired) electrons. The van der Waals surface area contributed by atoms with Crippen molar-refractivity contribution in [3.05, 3.63) is 42.0 Å². The average molecular weight is 513 g/mol. The zero-order valence-corrected chi connectivity index (χ0v) is 21.4. The van der Waals surface area contributed by atoms with Crippen LogP contribution < -0.4 is 21.1 Å². The molecule has 0 aliphatic carbocycles. The monoisotopic (exact) mass is 512 g/mol. The Hall–Kier alpha value is -3.12. The van der Waals surface area contributed by atoms with Gasteiger partial charge in [-0.3, -0.25) is 9.59 Å². The number of benzene rings is 1. The van der Waals surface area contributed by atoms with Gasteiger partial charge in [-0.15, -0.1) is 0 Å². The molecule has 0 saturated carbocycles. The Kier molecular flexibility index (Phi) is 12.2. The number of hydrogen-bond donors (Lipinski definition) is 4. The molecule has 2 amide bonds. The first kappa shape index (κ1) is 29.9. The Labute approximate surface area is 206 Å². The van der Waals surface area contributed by atoms with E-state index >= 15 is 0 Å². The van der Waals surface area contributed by atoms with Crippen molar-refractivity contribution in [2.75, 3.05) is 12.4 Å². The van der Waals surface area contributed by atoms with Gasteiger partial charge >= 0.3 is 6.16 Å². The lowest BCUT2D eigenvalue weighted by Crippen LogP contribution is -2.54. The van der Waals surface area contributed by atoms with Gasteiger partial charge in [-0.1, -0.05) is 44.2 Å². The minimum Gasteiger partial charge on any atom is -0.432 e. The third kappa shape index (κ3) is 11.7. The van der Waals surface area contributed by atoms with Crippen LogP contribution in [0.5, 0.6) is 0 Å². The number of carbonyl (C=O) groups is 3. The predicted octanol–water partition coefficient (Wildman–Crippen LogP) is 1.39. The van der Waals surface area contributed by atoms with E-state index in [1.54, 1.807) is 38.1 Å². The van der Waals surface area contributed by atoms with Gasteiger partial charge in [0, 0.05) is 12.2 Å². The van der Waals surface area contributed by atoms with Crippen LogP contribution in [0.2, 0.25) is 0 Å². The van der Waals surface area contributed by atoms with Gasteiger partial charge in [0.25, 0.3) is 0 Å². The lowest BCUT2D eigenvalue weighted by molar-refractivity contribution is -0.130. The summed E-state index contributed by atoms with van der Waals surface area (Å²) in [4.78, 5) is 36.9. The summed E-state index contributed by atoms with van der Waals surface area (Å²) in [5.41, 5.74) is 7.64. The topological polar surface area (TPSA) is 166 Å². The minimum atomic E-state index is -3.83. The largest absolute Gasteiger partial charge is 0.508 e. The first-order chi connectivity index (χ1) is 16.3. The number of rotatable bonds is 14. The van der Waals surface area contributed by atoms with E-state index < -0.39 is 52.8 Å². The highest BCUT2D eigenvalue weighted by molar-refractivity contribution is 7.89. The summed E-state index contributed by atoms with van der Waals surface area (Å²) < 4.78 is 36.6. The molecule has 0 bridgehead atoms. The van der Waals surface area contributed by atoms with Gasteiger partial charge in [-0.05, 0) is 38.3 Å². The molecule has 0 aromatic heterocycles. The van der Waals surface area contributed by atoms with Gasteiger partial charge < -0.3 is 25.8 Å². The van der Waals surface area contributed by atoms with E-state index in [9.17, 15) is 22.8 Å². The number of carbonyl (C=O) groups excluding carboxylic acids is 3. The summed E-state index contributed by atoms with van der Waals surface area (Å²) >= 11 is 0. The molecular formula is C23H36N4O7S. The fourth-order valence-corrected chi connectivity index (χ4v) is 4.10. The fraction of sp³-hybridized carbons (Fsp3) is 0.522. The van der Waals surface area contributed by atoms with E-state index in [4.69, 9.17) is 15.2 Å². The van der Waals surface area contributed by atoms with Gasteiger partial charge in [-0.2, -0.15) is 4.72 Å². The summed E-state index contributed by atoms with van der Waals surface area (Å²) in [6, 6.07) is 4.68. The number of sulfonamides is 1. The molecule has 5 N–H and O–H groups in total. The number of nitrogens with two attached hydrogens (primary N) is 1. The van der Waals surface area contributed by atoms with E-state index in [0.717, 1.165) is 11.1 Å². The third-order valence-electron chi connectivity index (χ3n) is 4.65. The van der Waals surface area contributed by atoms with Gasteiger partial charge in [0.15, 0.2) is 0 Å². The van der Waals surface area contributed by atoms with Crippen molar-refractivity contribution in [1.82, 2.24) is 15.4 Å². The molecule has 2 unspecified atom stereocenters. The molecule has 0 aliphatic rings. The quantitative estimate of drug-likeness (QED) is 0.271. The molecule has 0 saturated heterocycles. The van der Waals surface area contributed by atoms with Crippen LogP contribution in [-0.2, 0) is 35.6 Å². The number of ether oxygens (including phenoxy) is 2. The molecule has 196 valence electrons. The maximum absolute atomic E-state index is 12.7. The molecule has 1 aromatic rings. The maximum atomic E-state index is 12.7. The van der Waals surface area contributed by atoms with Crippen molar-refractivity contribution in [3.63, 3.8) is 0 Å². The van der Waals surface area contributed by atoms with E-state index in [1.165, 1.54) is 6.92 Å². The SMILES string of the molecule is C=C(N)c1ccc(CNC(=O)C(C)NC(=O)C(COC(=O)OC(C)C)NS(=O)(=O)CCCC)cc1. The van der Waals surface area contributed by atoms with Crippen molar-refractivity contribution in [3.8, 4) is 0 Å². The van der Waals surface area contributed by atoms with E-state index in [-0.39, 0.29) is 12.3 Å². The molecule has 1 rings (SSSR count). The molecule has 0 heterocycles. The number of unbranched alkanes of at least 4 members (excludes halogenated alkanes) is 1. The molecule has 0 aliphatic heterocycles. The van der Waals surface area contributed by atoms with Crippen molar-refractivity contribution in [2.45, 2.75) is 65.3 Å². The second-order valence-corrected chi connectivity index (χ2v) is 10.1. The van der Waals surface area contributed by atoms with Crippen LogP contribution in [0, 0.1) is 0 Å². The second kappa shape index (κ2) is 14.3. The fourth-order valence-electron chi connectivity index (χ4n) is 2.71. The Bertz CT molecular complexity index is 978. The van der Waals surface area contributed by atoms with Crippen LogP contribution in [0.4, 0.5) is 4.79 Å². The number of hydrogen-bond acceptors (Lipinski definition) is 8. The van der Waals surface area contributed by atoms with Crippen LogP contribution in [0.1, 0.15) is 51.7 Å². The smallest absolute Gasteiger partial charge is 0.432 e. The van der Waals surface area contributed by atoms with Crippen LogP contribution in [0.3, 0.4) is 0 Å². The zero-order valence-electron chi connectivity index (χ0n) is 20.6. The van der Waals surface area contributed by atoms with E-state index in [0.29, 0.717) is 18.5 Å². The number of nitrogens with one attached hydrogen (secondary N) is 3. The molecule has 2 atom stereocenters. The molecule has 12 heteroatoms. The van der Waals surface area contributed by atoms with Crippen LogP contribution in [0.25, 0.3) is 5.70 Å². The van der Waals surface area contributed by atoms with Crippen molar-refractivity contribution in [2.24, 2.45) is 5.73 Å². The summed E-state index contributed by atoms with van der Waals surface area (Å²) in [6.07, 6.45) is -0.472.